The molecule has 0 saturated carbocycles. The molecule has 94 valence electrons. The molecule has 1 rings (SSSR count). The van der Waals surface area contributed by atoms with Crippen LogP contribution in [0.15, 0.2) is 18.2 Å². The summed E-state index contributed by atoms with van der Waals surface area (Å²) < 4.78 is 16.0. The third-order valence-electron chi connectivity index (χ3n) is 2.13. The Labute approximate surface area is 101 Å². The Morgan fingerprint density at radius 3 is 2.65 bits per heavy atom. The zero-order valence-electron chi connectivity index (χ0n) is 10.3. The Kier molecular flexibility index (Phi) is 6.10. The summed E-state index contributed by atoms with van der Waals surface area (Å²) in [6.07, 6.45) is 1.67. The molecule has 0 spiro atoms. The highest BCUT2D eigenvalue weighted by atomic mass is 16.5. The Balaban J connectivity index is 2.82. The first-order chi connectivity index (χ1) is 8.33. The highest BCUT2D eigenvalue weighted by molar-refractivity contribution is 5.81. The molecule has 0 fully saturated rings. The van der Waals surface area contributed by atoms with E-state index >= 15 is 0 Å². The number of hydrogen-bond acceptors (Lipinski definition) is 4. The van der Waals surface area contributed by atoms with E-state index in [9.17, 15) is 4.79 Å². The minimum atomic E-state index is 0.393. The summed E-state index contributed by atoms with van der Waals surface area (Å²) in [5.41, 5.74) is 0.495. The second-order valence-corrected chi connectivity index (χ2v) is 3.48. The van der Waals surface area contributed by atoms with Gasteiger partial charge in [0.15, 0.2) is 17.8 Å². The summed E-state index contributed by atoms with van der Waals surface area (Å²) in [6, 6.07) is 5.27. The number of hydrogen-bond donors (Lipinski definition) is 0. The molecule has 17 heavy (non-hydrogen) atoms. The first-order valence-electron chi connectivity index (χ1n) is 5.66. The van der Waals surface area contributed by atoms with Crippen molar-refractivity contribution in [3.8, 4) is 11.5 Å². The van der Waals surface area contributed by atoms with E-state index < -0.39 is 0 Å². The number of rotatable bonds is 8. The Morgan fingerprint density at radius 1 is 1.18 bits per heavy atom. The van der Waals surface area contributed by atoms with Gasteiger partial charge in [0.25, 0.3) is 0 Å². The minimum absolute atomic E-state index is 0.393. The minimum Gasteiger partial charge on any atom is -0.490 e. The molecule has 0 heterocycles. The Bertz CT molecular complexity index is 349. The van der Waals surface area contributed by atoms with E-state index in [0.717, 1.165) is 12.7 Å². The molecule has 0 aromatic heterocycles. The summed E-state index contributed by atoms with van der Waals surface area (Å²) in [5, 5.41) is 0. The van der Waals surface area contributed by atoms with Gasteiger partial charge in [-0.2, -0.15) is 0 Å². The van der Waals surface area contributed by atoms with E-state index in [0.29, 0.717) is 36.9 Å². The van der Waals surface area contributed by atoms with Crippen molar-refractivity contribution in [1.82, 2.24) is 0 Å². The zero-order valence-corrected chi connectivity index (χ0v) is 10.3. The lowest BCUT2D eigenvalue weighted by molar-refractivity contribution is 0.111. The van der Waals surface area contributed by atoms with Gasteiger partial charge in [0, 0.05) is 7.11 Å². The van der Waals surface area contributed by atoms with Crippen molar-refractivity contribution in [2.24, 2.45) is 0 Å². The average Bonchev–Trinajstić information content (AvgIpc) is 2.37. The highest BCUT2D eigenvalue weighted by Crippen LogP contribution is 2.30. The maximum Gasteiger partial charge on any atom is 0.171 e. The van der Waals surface area contributed by atoms with E-state index in [1.54, 1.807) is 25.3 Å². The van der Waals surface area contributed by atoms with Crippen LogP contribution in [0.1, 0.15) is 23.7 Å². The molecule has 0 N–H and O–H groups in total. The van der Waals surface area contributed by atoms with Crippen molar-refractivity contribution in [1.29, 1.82) is 0 Å². The van der Waals surface area contributed by atoms with Crippen LogP contribution >= 0.6 is 0 Å². The van der Waals surface area contributed by atoms with Gasteiger partial charge in [-0.25, -0.2) is 0 Å². The molecule has 1 aromatic rings. The number of benzene rings is 1. The maximum atomic E-state index is 10.9. The zero-order chi connectivity index (χ0) is 12.5. The number of carbonyl (C=O) groups is 1. The van der Waals surface area contributed by atoms with Crippen molar-refractivity contribution in [2.45, 2.75) is 13.3 Å². The van der Waals surface area contributed by atoms with Gasteiger partial charge in [0.1, 0.15) is 6.61 Å². The monoisotopic (exact) mass is 238 g/mol. The number of aldehydes is 1. The van der Waals surface area contributed by atoms with Gasteiger partial charge >= 0.3 is 0 Å². The van der Waals surface area contributed by atoms with Crippen LogP contribution in [0.3, 0.4) is 0 Å². The third kappa shape index (κ3) is 4.07. The lowest BCUT2D eigenvalue weighted by Crippen LogP contribution is -2.08. The van der Waals surface area contributed by atoms with Crippen molar-refractivity contribution in [3.05, 3.63) is 23.8 Å². The van der Waals surface area contributed by atoms with Gasteiger partial charge in [-0.1, -0.05) is 13.0 Å². The summed E-state index contributed by atoms with van der Waals surface area (Å²) in [6.45, 7) is 3.49. The van der Waals surface area contributed by atoms with Crippen LogP contribution in [0.2, 0.25) is 0 Å². The molecule has 1 aromatic carbocycles. The smallest absolute Gasteiger partial charge is 0.171 e. The van der Waals surface area contributed by atoms with Crippen LogP contribution in [0.5, 0.6) is 11.5 Å². The van der Waals surface area contributed by atoms with Crippen LogP contribution in [-0.4, -0.2) is 33.2 Å². The number of methoxy groups -OCH3 is 1. The largest absolute Gasteiger partial charge is 0.490 e. The van der Waals surface area contributed by atoms with Gasteiger partial charge in [-0.3, -0.25) is 4.79 Å². The van der Waals surface area contributed by atoms with Crippen LogP contribution in [-0.2, 0) is 4.74 Å². The topological polar surface area (TPSA) is 44.8 Å². The molecule has 0 aliphatic carbocycles. The third-order valence-corrected chi connectivity index (χ3v) is 2.13. The van der Waals surface area contributed by atoms with Gasteiger partial charge in [0.05, 0.1) is 18.8 Å². The molecule has 0 saturated heterocycles. The Hall–Kier alpha value is -1.55. The summed E-state index contributed by atoms with van der Waals surface area (Å²) in [4.78, 5) is 10.9. The van der Waals surface area contributed by atoms with Crippen LogP contribution in [0.25, 0.3) is 0 Å². The standard InChI is InChI=1S/C13H18O4/c1-3-7-16-12-6-4-5-11(10-14)13(12)17-9-8-15-2/h4-6,10H,3,7-9H2,1-2H3. The fourth-order valence-electron chi connectivity index (χ4n) is 1.33. The fraction of sp³-hybridized carbons (Fsp3) is 0.462. The molecule has 0 unspecified atom stereocenters. The summed E-state index contributed by atoms with van der Waals surface area (Å²) >= 11 is 0. The molecular weight excluding hydrogens is 220 g/mol. The predicted molar refractivity (Wildman–Crippen MR) is 65.0 cm³/mol. The van der Waals surface area contributed by atoms with Gasteiger partial charge < -0.3 is 14.2 Å². The van der Waals surface area contributed by atoms with E-state index in [-0.39, 0.29) is 0 Å². The fourth-order valence-corrected chi connectivity index (χ4v) is 1.33. The molecule has 0 aliphatic heterocycles. The quantitative estimate of drug-likeness (QED) is 0.515. The molecule has 4 heteroatoms. The Morgan fingerprint density at radius 2 is 2.00 bits per heavy atom. The molecule has 0 aliphatic rings. The van der Waals surface area contributed by atoms with E-state index in [1.165, 1.54) is 0 Å². The average molecular weight is 238 g/mol. The molecule has 0 bridgehead atoms. The summed E-state index contributed by atoms with van der Waals surface area (Å²) in [5.74, 6) is 1.10. The van der Waals surface area contributed by atoms with Crippen LogP contribution in [0.4, 0.5) is 0 Å². The SMILES string of the molecule is CCCOc1cccc(C=O)c1OCCOC. The molecule has 4 nitrogen and oxygen atoms in total. The predicted octanol–water partition coefficient (Wildman–Crippen LogP) is 2.31. The second kappa shape index (κ2) is 7.68. The van der Waals surface area contributed by atoms with Gasteiger partial charge in [-0.15, -0.1) is 0 Å². The molecule has 0 atom stereocenters. The normalized spacial score (nSPS) is 10.0. The van der Waals surface area contributed by atoms with Gasteiger partial charge in [0.2, 0.25) is 0 Å². The highest BCUT2D eigenvalue weighted by Gasteiger charge is 2.10. The van der Waals surface area contributed by atoms with Crippen molar-refractivity contribution < 1.29 is 19.0 Å². The summed E-state index contributed by atoms with van der Waals surface area (Å²) in [7, 11) is 1.60. The van der Waals surface area contributed by atoms with Crippen molar-refractivity contribution >= 4 is 6.29 Å². The first-order valence-corrected chi connectivity index (χ1v) is 5.66. The maximum absolute atomic E-state index is 10.9. The van der Waals surface area contributed by atoms with E-state index in [4.69, 9.17) is 14.2 Å². The van der Waals surface area contributed by atoms with Crippen LogP contribution < -0.4 is 9.47 Å². The van der Waals surface area contributed by atoms with Crippen molar-refractivity contribution in [3.63, 3.8) is 0 Å². The lowest BCUT2D eigenvalue weighted by Gasteiger charge is -2.13. The number of carbonyl (C=O) groups excluding carboxylic acids is 1. The van der Waals surface area contributed by atoms with Gasteiger partial charge in [-0.05, 0) is 18.6 Å². The molecule has 0 amide bonds. The lowest BCUT2D eigenvalue weighted by atomic mass is 10.2. The second-order valence-electron chi connectivity index (χ2n) is 3.48. The van der Waals surface area contributed by atoms with Crippen molar-refractivity contribution in [2.75, 3.05) is 26.9 Å². The number of para-hydroxylation sites is 1. The number of ether oxygens (including phenoxy) is 3. The molecular formula is C13H18O4. The van der Waals surface area contributed by atoms with E-state index in [1.807, 2.05) is 6.92 Å². The van der Waals surface area contributed by atoms with E-state index in [2.05, 4.69) is 0 Å². The first kappa shape index (κ1) is 13.5. The molecule has 0 radical (unpaired) electrons. The van der Waals surface area contributed by atoms with Crippen LogP contribution in [0, 0.1) is 0 Å².